The fraction of sp³-hybridized carbons (Fsp3) is 0.368. The summed E-state index contributed by atoms with van der Waals surface area (Å²) in [6.45, 7) is 3.31. The van der Waals surface area contributed by atoms with Gasteiger partial charge in [-0.15, -0.1) is 38.0 Å². The molecule has 0 saturated carbocycles. The lowest BCUT2D eigenvalue weighted by atomic mass is 9.95. The molecule has 2 aliphatic rings. The van der Waals surface area contributed by atoms with Gasteiger partial charge in [0, 0.05) is 37.3 Å². The third kappa shape index (κ3) is 5.56. The number of hydrogen-bond donors (Lipinski definition) is 1. The Morgan fingerprint density at radius 2 is 1.60 bits per heavy atom. The van der Waals surface area contributed by atoms with Crippen molar-refractivity contribution >= 4 is 36.4 Å². The van der Waals surface area contributed by atoms with E-state index in [0.29, 0.717) is 16.5 Å². The smallest absolute Gasteiger partial charge is 0.454 e. The monoisotopic (exact) mass is 486 g/mol. The van der Waals surface area contributed by atoms with E-state index in [9.17, 15) is 13.2 Å². The quantitative estimate of drug-likeness (QED) is 0.671. The van der Waals surface area contributed by atoms with Gasteiger partial charge in [-0.25, -0.2) is 0 Å². The Balaban J connectivity index is 0.00000160. The van der Waals surface area contributed by atoms with E-state index in [4.69, 9.17) is 21.1 Å². The molecule has 1 atom stereocenters. The van der Waals surface area contributed by atoms with Crippen molar-refractivity contribution in [2.24, 2.45) is 0 Å². The molecule has 5 nitrogen and oxygen atoms in total. The van der Waals surface area contributed by atoms with Crippen LogP contribution in [0.3, 0.4) is 0 Å². The van der Waals surface area contributed by atoms with Crippen LogP contribution in [0.4, 0.5) is 13.2 Å². The van der Waals surface area contributed by atoms with Crippen LogP contribution in [0.15, 0.2) is 36.4 Å². The van der Waals surface area contributed by atoms with Gasteiger partial charge in [0.25, 0.3) is 0 Å². The largest absolute Gasteiger partial charge is 0.573 e. The molecule has 11 heteroatoms. The molecule has 1 N–H and O–H groups in total. The number of alkyl halides is 3. The highest BCUT2D eigenvalue weighted by atomic mass is 35.5. The van der Waals surface area contributed by atoms with Crippen LogP contribution >= 0.6 is 36.4 Å². The van der Waals surface area contributed by atoms with Crippen LogP contribution in [0.5, 0.6) is 17.2 Å². The second-order valence-electron chi connectivity index (χ2n) is 6.53. The Bertz CT molecular complexity index is 847. The summed E-state index contributed by atoms with van der Waals surface area (Å²) in [7, 11) is 0. The predicted molar refractivity (Wildman–Crippen MR) is 111 cm³/mol. The molecule has 2 aromatic rings. The number of ether oxygens (including phenoxy) is 3. The molecule has 4 rings (SSSR count). The summed E-state index contributed by atoms with van der Waals surface area (Å²) in [4.78, 5) is 2.24. The Labute approximate surface area is 189 Å². The molecule has 0 unspecified atom stereocenters. The molecule has 0 aromatic heterocycles. The number of rotatable bonds is 4. The van der Waals surface area contributed by atoms with Gasteiger partial charge in [-0.2, -0.15) is 0 Å². The number of piperazine rings is 1. The van der Waals surface area contributed by atoms with Crippen molar-refractivity contribution in [2.45, 2.75) is 12.4 Å². The first-order chi connectivity index (χ1) is 13.4. The lowest BCUT2D eigenvalue weighted by Crippen LogP contribution is -2.45. The van der Waals surface area contributed by atoms with Gasteiger partial charge in [0.15, 0.2) is 11.5 Å². The van der Waals surface area contributed by atoms with Gasteiger partial charge < -0.3 is 19.5 Å². The number of nitrogens with one attached hydrogen (secondary N) is 1. The third-order valence-corrected chi connectivity index (χ3v) is 5.06. The van der Waals surface area contributed by atoms with Crippen molar-refractivity contribution in [1.29, 1.82) is 0 Å². The normalized spacial score (nSPS) is 16.9. The van der Waals surface area contributed by atoms with Crippen molar-refractivity contribution in [2.75, 3.05) is 33.0 Å². The van der Waals surface area contributed by atoms with Crippen molar-refractivity contribution in [1.82, 2.24) is 10.2 Å². The molecule has 0 radical (unpaired) electrons. The SMILES string of the molecule is Cl.Cl.FC(F)(F)Oc1ccc([C@H](c2cc3c(cc2Cl)OCO3)N2CCNCC2)cc1. The maximum absolute atomic E-state index is 12.5. The lowest BCUT2D eigenvalue weighted by molar-refractivity contribution is -0.274. The number of halogens is 6. The zero-order valence-corrected chi connectivity index (χ0v) is 18.0. The van der Waals surface area contributed by atoms with E-state index in [1.54, 1.807) is 18.2 Å². The fourth-order valence-corrected chi connectivity index (χ4v) is 3.78. The Morgan fingerprint density at radius 3 is 2.20 bits per heavy atom. The van der Waals surface area contributed by atoms with E-state index in [2.05, 4.69) is 15.0 Å². The first-order valence-electron chi connectivity index (χ1n) is 8.80. The number of fused-ring (bicyclic) bond motifs is 1. The minimum atomic E-state index is -4.72. The number of nitrogens with zero attached hydrogens (tertiary/aromatic N) is 1. The molecule has 2 heterocycles. The molecule has 0 bridgehead atoms. The molecule has 2 aliphatic heterocycles. The highest BCUT2D eigenvalue weighted by molar-refractivity contribution is 6.31. The molecule has 0 spiro atoms. The second kappa shape index (κ2) is 10.2. The van der Waals surface area contributed by atoms with E-state index < -0.39 is 6.36 Å². The maximum atomic E-state index is 12.5. The summed E-state index contributed by atoms with van der Waals surface area (Å²) in [6.07, 6.45) is -4.72. The van der Waals surface area contributed by atoms with E-state index in [1.165, 1.54) is 12.1 Å². The minimum Gasteiger partial charge on any atom is -0.454 e. The van der Waals surface area contributed by atoms with Gasteiger partial charge in [-0.3, -0.25) is 4.90 Å². The Hall–Kier alpha value is -1.58. The molecule has 166 valence electrons. The maximum Gasteiger partial charge on any atom is 0.573 e. The standard InChI is InChI=1S/C19H18ClF3N2O3.2ClH/c20-15-10-17-16(26-11-27-17)9-14(15)18(25-7-5-24-6-8-25)12-1-3-13(4-2-12)28-19(21,22)23;;/h1-4,9-10,18,24H,5-8,11H2;2*1H/t18-;;/m1../s1. The Kier molecular flexibility index (Phi) is 8.35. The van der Waals surface area contributed by atoms with Crippen molar-refractivity contribution in [3.63, 3.8) is 0 Å². The molecule has 1 saturated heterocycles. The van der Waals surface area contributed by atoms with Crippen LogP contribution < -0.4 is 19.5 Å². The molecule has 2 aromatic carbocycles. The van der Waals surface area contributed by atoms with Crippen LogP contribution in [0.25, 0.3) is 0 Å². The van der Waals surface area contributed by atoms with Crippen LogP contribution in [-0.2, 0) is 0 Å². The highest BCUT2D eigenvalue weighted by Gasteiger charge is 2.32. The third-order valence-electron chi connectivity index (χ3n) is 4.73. The first-order valence-corrected chi connectivity index (χ1v) is 9.18. The summed E-state index contributed by atoms with van der Waals surface area (Å²) >= 11 is 6.54. The van der Waals surface area contributed by atoms with Crippen LogP contribution in [0, 0.1) is 0 Å². The van der Waals surface area contributed by atoms with E-state index in [-0.39, 0.29) is 43.4 Å². The van der Waals surface area contributed by atoms with Crippen LogP contribution in [0.2, 0.25) is 5.02 Å². The van der Waals surface area contributed by atoms with Gasteiger partial charge in [0.05, 0.1) is 6.04 Å². The van der Waals surface area contributed by atoms with Crippen molar-refractivity contribution < 1.29 is 27.4 Å². The topological polar surface area (TPSA) is 43.0 Å². The van der Waals surface area contributed by atoms with Gasteiger partial charge >= 0.3 is 6.36 Å². The summed E-state index contributed by atoms with van der Waals surface area (Å²) in [5, 5.41) is 3.82. The average molecular weight is 488 g/mol. The lowest BCUT2D eigenvalue weighted by Gasteiger charge is -2.36. The molecular formula is C19H20Cl3F3N2O3. The van der Waals surface area contributed by atoms with Crippen LogP contribution in [0.1, 0.15) is 17.2 Å². The first kappa shape index (κ1) is 24.7. The van der Waals surface area contributed by atoms with E-state index in [0.717, 1.165) is 37.3 Å². The van der Waals surface area contributed by atoms with E-state index in [1.807, 2.05) is 6.07 Å². The molecule has 0 aliphatic carbocycles. The predicted octanol–water partition coefficient (Wildman–Crippen LogP) is 4.81. The summed E-state index contributed by atoms with van der Waals surface area (Å²) < 4.78 is 52.2. The van der Waals surface area contributed by atoms with Crippen molar-refractivity contribution in [3.05, 3.63) is 52.5 Å². The molecular weight excluding hydrogens is 468 g/mol. The zero-order valence-electron chi connectivity index (χ0n) is 15.6. The summed E-state index contributed by atoms with van der Waals surface area (Å²) in [5.41, 5.74) is 1.63. The number of hydrogen-bond acceptors (Lipinski definition) is 5. The minimum absolute atomic E-state index is 0. The second-order valence-corrected chi connectivity index (χ2v) is 6.94. The molecule has 1 fully saturated rings. The zero-order chi connectivity index (χ0) is 19.7. The van der Waals surface area contributed by atoms with Gasteiger partial charge in [-0.1, -0.05) is 23.7 Å². The average Bonchev–Trinajstić information content (AvgIpc) is 3.10. The van der Waals surface area contributed by atoms with Crippen LogP contribution in [-0.4, -0.2) is 44.2 Å². The van der Waals surface area contributed by atoms with Gasteiger partial charge in [0.1, 0.15) is 5.75 Å². The highest BCUT2D eigenvalue weighted by Crippen LogP contribution is 2.42. The van der Waals surface area contributed by atoms with Gasteiger partial charge in [-0.05, 0) is 29.3 Å². The molecule has 0 amide bonds. The number of benzene rings is 2. The summed E-state index contributed by atoms with van der Waals surface area (Å²) in [5.74, 6) is 0.936. The Morgan fingerprint density at radius 1 is 1.00 bits per heavy atom. The van der Waals surface area contributed by atoms with Crippen molar-refractivity contribution in [3.8, 4) is 17.2 Å². The molecule has 30 heavy (non-hydrogen) atoms. The van der Waals surface area contributed by atoms with E-state index >= 15 is 0 Å². The fourth-order valence-electron chi connectivity index (χ4n) is 3.52. The van der Waals surface area contributed by atoms with Gasteiger partial charge in [0.2, 0.25) is 6.79 Å². The summed E-state index contributed by atoms with van der Waals surface area (Å²) in [6, 6.07) is 9.23.